The first kappa shape index (κ1) is 18.4. The van der Waals surface area contributed by atoms with Crippen molar-refractivity contribution in [2.45, 2.75) is 84.5 Å². The van der Waals surface area contributed by atoms with Gasteiger partial charge in [0.2, 0.25) is 0 Å². The Labute approximate surface area is 154 Å². The average molecular weight is 339 g/mol. The Kier molecular flexibility index (Phi) is 6.10. The van der Waals surface area contributed by atoms with E-state index >= 15 is 0 Å². The van der Waals surface area contributed by atoms with Crippen LogP contribution in [0.3, 0.4) is 0 Å². The van der Waals surface area contributed by atoms with Crippen molar-refractivity contribution in [3.8, 4) is 17.6 Å². The molecule has 0 radical (unpaired) electrons. The van der Waals surface area contributed by atoms with Crippen LogP contribution >= 0.6 is 0 Å². The van der Waals surface area contributed by atoms with Crippen molar-refractivity contribution < 1.29 is 4.74 Å². The minimum atomic E-state index is 0.310. The predicted molar refractivity (Wildman–Crippen MR) is 106 cm³/mol. The van der Waals surface area contributed by atoms with Crippen LogP contribution < -0.4 is 4.74 Å². The van der Waals surface area contributed by atoms with Crippen LogP contribution in [0, 0.1) is 22.7 Å². The SMILES string of the molecule is CCCCOc1ccc(C#CC23CCC(CCCC)(CC2)CC3)cc1. The van der Waals surface area contributed by atoms with Crippen molar-refractivity contribution in [3.63, 3.8) is 0 Å². The van der Waals surface area contributed by atoms with Crippen LogP contribution in [-0.2, 0) is 0 Å². The van der Waals surface area contributed by atoms with Crippen LogP contribution in [0.15, 0.2) is 24.3 Å². The summed E-state index contributed by atoms with van der Waals surface area (Å²) in [5.41, 5.74) is 2.12. The molecule has 0 N–H and O–H groups in total. The average Bonchev–Trinajstić information content (AvgIpc) is 2.68. The number of hydrogen-bond donors (Lipinski definition) is 0. The third-order valence-electron chi connectivity index (χ3n) is 6.56. The lowest BCUT2D eigenvalue weighted by Crippen LogP contribution is -2.40. The lowest BCUT2D eigenvalue weighted by Gasteiger charge is -2.51. The summed E-state index contributed by atoms with van der Waals surface area (Å²) in [5, 5.41) is 0. The third-order valence-corrected chi connectivity index (χ3v) is 6.56. The van der Waals surface area contributed by atoms with Crippen molar-refractivity contribution in [1.29, 1.82) is 0 Å². The van der Waals surface area contributed by atoms with E-state index in [0.717, 1.165) is 24.3 Å². The van der Waals surface area contributed by atoms with Crippen LogP contribution in [0.25, 0.3) is 0 Å². The van der Waals surface area contributed by atoms with Crippen LogP contribution in [0.1, 0.15) is 90.0 Å². The zero-order valence-corrected chi connectivity index (χ0v) is 16.2. The van der Waals surface area contributed by atoms with E-state index in [1.165, 1.54) is 64.2 Å². The highest BCUT2D eigenvalue weighted by Gasteiger charge is 2.47. The molecule has 0 amide bonds. The zero-order chi connectivity index (χ0) is 17.6. The summed E-state index contributed by atoms with van der Waals surface area (Å²) < 4.78 is 5.74. The Balaban J connectivity index is 1.57. The number of rotatable bonds is 7. The molecule has 0 unspecified atom stereocenters. The topological polar surface area (TPSA) is 9.23 Å². The number of hydrogen-bond acceptors (Lipinski definition) is 1. The van der Waals surface area contributed by atoms with Crippen LogP contribution in [0.5, 0.6) is 5.75 Å². The molecule has 1 heteroatoms. The van der Waals surface area contributed by atoms with Gasteiger partial charge in [-0.05, 0) is 81.0 Å². The first-order chi connectivity index (χ1) is 12.2. The summed E-state index contributed by atoms with van der Waals surface area (Å²) in [4.78, 5) is 0. The van der Waals surface area contributed by atoms with Gasteiger partial charge < -0.3 is 4.74 Å². The molecule has 4 rings (SSSR count). The Morgan fingerprint density at radius 2 is 1.52 bits per heavy atom. The minimum Gasteiger partial charge on any atom is -0.494 e. The second-order valence-corrected chi connectivity index (χ2v) is 8.36. The molecule has 2 bridgehead atoms. The maximum Gasteiger partial charge on any atom is 0.119 e. The van der Waals surface area contributed by atoms with E-state index in [9.17, 15) is 0 Å². The van der Waals surface area contributed by atoms with Crippen molar-refractivity contribution >= 4 is 0 Å². The molecule has 3 aliphatic carbocycles. The molecule has 25 heavy (non-hydrogen) atoms. The monoisotopic (exact) mass is 338 g/mol. The van der Waals surface area contributed by atoms with E-state index in [1.54, 1.807) is 0 Å². The van der Waals surface area contributed by atoms with Gasteiger partial charge in [-0.1, -0.05) is 45.0 Å². The molecule has 1 aromatic rings. The fraction of sp³-hybridized carbons (Fsp3) is 0.667. The number of unbranched alkanes of at least 4 members (excludes halogenated alkanes) is 2. The Morgan fingerprint density at radius 3 is 2.12 bits per heavy atom. The number of ether oxygens (including phenoxy) is 1. The van der Waals surface area contributed by atoms with Crippen molar-refractivity contribution in [2.75, 3.05) is 6.61 Å². The van der Waals surface area contributed by atoms with Gasteiger partial charge in [-0.3, -0.25) is 0 Å². The first-order valence-corrected chi connectivity index (χ1v) is 10.5. The number of benzene rings is 1. The van der Waals surface area contributed by atoms with Crippen LogP contribution in [-0.4, -0.2) is 6.61 Å². The summed E-state index contributed by atoms with van der Waals surface area (Å²) in [6, 6.07) is 8.36. The highest BCUT2D eigenvalue weighted by molar-refractivity contribution is 5.39. The molecular weight excluding hydrogens is 304 g/mol. The summed E-state index contributed by atoms with van der Waals surface area (Å²) >= 11 is 0. The van der Waals surface area contributed by atoms with Gasteiger partial charge in [-0.2, -0.15) is 0 Å². The molecule has 1 aromatic carbocycles. The molecule has 0 spiro atoms. The predicted octanol–water partition coefficient (Wildman–Crippen LogP) is 6.75. The molecule has 0 saturated heterocycles. The van der Waals surface area contributed by atoms with Gasteiger partial charge in [-0.25, -0.2) is 0 Å². The standard InChI is InChI=1S/C24H34O/c1-3-5-12-23-14-17-24(18-15-23,19-16-23)13-11-21-7-9-22(10-8-21)25-20-6-4-2/h7-10H,3-6,12,14-20H2,1-2H3. The van der Waals surface area contributed by atoms with Gasteiger partial charge in [0, 0.05) is 11.0 Å². The molecule has 136 valence electrons. The Morgan fingerprint density at radius 1 is 0.880 bits per heavy atom. The lowest BCUT2D eigenvalue weighted by atomic mass is 9.53. The van der Waals surface area contributed by atoms with E-state index in [-0.39, 0.29) is 0 Å². The van der Waals surface area contributed by atoms with Gasteiger partial charge in [-0.15, -0.1) is 0 Å². The number of fused-ring (bicyclic) bond motifs is 3. The maximum absolute atomic E-state index is 5.74. The second kappa shape index (κ2) is 8.31. The summed E-state index contributed by atoms with van der Waals surface area (Å²) in [6.45, 7) is 5.31. The normalized spacial score (nSPS) is 27.6. The lowest BCUT2D eigenvalue weighted by molar-refractivity contribution is 0.0189. The zero-order valence-electron chi connectivity index (χ0n) is 16.2. The highest BCUT2D eigenvalue weighted by atomic mass is 16.5. The van der Waals surface area contributed by atoms with Gasteiger partial charge in [0.25, 0.3) is 0 Å². The summed E-state index contributed by atoms with van der Waals surface area (Å²) in [7, 11) is 0. The van der Waals surface area contributed by atoms with E-state index in [4.69, 9.17) is 4.74 Å². The van der Waals surface area contributed by atoms with Crippen molar-refractivity contribution in [1.82, 2.24) is 0 Å². The van der Waals surface area contributed by atoms with E-state index in [2.05, 4.69) is 50.0 Å². The van der Waals surface area contributed by atoms with Crippen molar-refractivity contribution in [2.24, 2.45) is 10.8 Å². The second-order valence-electron chi connectivity index (χ2n) is 8.36. The summed E-state index contributed by atoms with van der Waals surface area (Å²) in [5.74, 6) is 8.13. The molecule has 3 aliphatic rings. The molecule has 0 atom stereocenters. The van der Waals surface area contributed by atoms with Crippen molar-refractivity contribution in [3.05, 3.63) is 29.8 Å². The molecule has 0 aromatic heterocycles. The van der Waals surface area contributed by atoms with E-state index in [1.807, 2.05) is 0 Å². The van der Waals surface area contributed by atoms with E-state index < -0.39 is 0 Å². The third kappa shape index (κ3) is 4.60. The van der Waals surface area contributed by atoms with Crippen LogP contribution in [0.2, 0.25) is 0 Å². The fourth-order valence-electron chi connectivity index (χ4n) is 4.55. The molecule has 1 nitrogen and oxygen atoms in total. The summed E-state index contributed by atoms with van der Waals surface area (Å²) in [6.07, 6.45) is 14.7. The quantitative estimate of drug-likeness (QED) is 0.395. The fourth-order valence-corrected chi connectivity index (χ4v) is 4.55. The largest absolute Gasteiger partial charge is 0.494 e. The smallest absolute Gasteiger partial charge is 0.119 e. The molecule has 0 heterocycles. The van der Waals surface area contributed by atoms with Gasteiger partial charge in [0.1, 0.15) is 5.75 Å². The molecular formula is C24H34O. The molecule has 0 aliphatic heterocycles. The van der Waals surface area contributed by atoms with Gasteiger partial charge in [0.15, 0.2) is 0 Å². The Bertz CT molecular complexity index is 577. The Hall–Kier alpha value is -1.42. The van der Waals surface area contributed by atoms with Gasteiger partial charge in [0.05, 0.1) is 6.61 Å². The maximum atomic E-state index is 5.74. The molecule has 3 saturated carbocycles. The molecule has 3 fully saturated rings. The van der Waals surface area contributed by atoms with E-state index in [0.29, 0.717) is 10.8 Å². The highest BCUT2D eigenvalue weighted by Crippen LogP contribution is 2.58. The first-order valence-electron chi connectivity index (χ1n) is 10.5. The van der Waals surface area contributed by atoms with Crippen LogP contribution in [0.4, 0.5) is 0 Å². The minimum absolute atomic E-state index is 0.310. The van der Waals surface area contributed by atoms with Gasteiger partial charge >= 0.3 is 0 Å².